The minimum Gasteiger partial charge on any atom is -0.213 e. The molecule has 3 unspecified atom stereocenters. The summed E-state index contributed by atoms with van der Waals surface area (Å²) in [5, 5.41) is -0.678. The Labute approximate surface area is 134 Å². The molecule has 2 aliphatic carbocycles. The van der Waals surface area contributed by atoms with Crippen LogP contribution in [0.15, 0.2) is 11.6 Å². The molecular weight excluding hydrogens is 320 g/mol. The third-order valence-electron chi connectivity index (χ3n) is 5.49. The average molecular weight is 349 g/mol. The van der Waals surface area contributed by atoms with Gasteiger partial charge in [-0.15, -0.1) is 0 Å². The van der Waals surface area contributed by atoms with Gasteiger partial charge in [0.15, 0.2) is 0 Å². The molecule has 0 bridgehead atoms. The first kappa shape index (κ1) is 18.0. The fourth-order valence-electron chi connectivity index (χ4n) is 3.85. The van der Waals surface area contributed by atoms with Gasteiger partial charge in [-0.2, -0.15) is 0 Å². The molecule has 0 radical (unpaired) electrons. The molecule has 3 atom stereocenters. The van der Waals surface area contributed by atoms with Crippen molar-refractivity contribution in [3.05, 3.63) is 11.6 Å². The Bertz CT molecular complexity index is 617. The summed E-state index contributed by atoms with van der Waals surface area (Å²) < 4.78 is 49.8. The SMILES string of the molecule is CC=C(C)CCS(=O)(=O)S(=O)(=O)C1CCC2CCCCC2C1. The van der Waals surface area contributed by atoms with E-state index in [1.54, 1.807) is 0 Å². The van der Waals surface area contributed by atoms with E-state index in [1.165, 1.54) is 12.8 Å². The second kappa shape index (κ2) is 7.04. The van der Waals surface area contributed by atoms with Gasteiger partial charge in [-0.3, -0.25) is 0 Å². The van der Waals surface area contributed by atoms with Crippen LogP contribution in [0, 0.1) is 11.8 Å². The maximum absolute atomic E-state index is 12.6. The van der Waals surface area contributed by atoms with Gasteiger partial charge >= 0.3 is 0 Å². The van der Waals surface area contributed by atoms with Gasteiger partial charge in [-0.05, 0) is 51.4 Å². The molecule has 0 aliphatic heterocycles. The van der Waals surface area contributed by atoms with Crippen LogP contribution in [0.1, 0.15) is 65.2 Å². The lowest BCUT2D eigenvalue weighted by molar-refractivity contribution is 0.173. The summed E-state index contributed by atoms with van der Waals surface area (Å²) in [5.74, 6) is 0.749. The number of hydrogen-bond acceptors (Lipinski definition) is 4. The van der Waals surface area contributed by atoms with E-state index in [0.717, 1.165) is 24.8 Å². The Kier molecular flexibility index (Phi) is 5.75. The lowest BCUT2D eigenvalue weighted by atomic mass is 9.71. The molecule has 128 valence electrons. The van der Waals surface area contributed by atoms with E-state index in [-0.39, 0.29) is 5.75 Å². The van der Waals surface area contributed by atoms with Crippen molar-refractivity contribution in [2.24, 2.45) is 11.8 Å². The summed E-state index contributed by atoms with van der Waals surface area (Å²) in [7, 11) is -8.14. The number of rotatable bonds is 5. The summed E-state index contributed by atoms with van der Waals surface area (Å²) in [4.78, 5) is 0. The van der Waals surface area contributed by atoms with Crippen molar-refractivity contribution in [3.8, 4) is 0 Å². The molecule has 22 heavy (non-hydrogen) atoms. The number of allylic oxidation sites excluding steroid dienone is 2. The second-order valence-electron chi connectivity index (χ2n) is 6.88. The van der Waals surface area contributed by atoms with Crippen LogP contribution in [-0.4, -0.2) is 27.8 Å². The van der Waals surface area contributed by atoms with Crippen molar-refractivity contribution in [3.63, 3.8) is 0 Å². The van der Waals surface area contributed by atoms with E-state index in [2.05, 4.69) is 0 Å². The largest absolute Gasteiger partial charge is 0.256 e. The predicted molar refractivity (Wildman–Crippen MR) is 89.8 cm³/mol. The van der Waals surface area contributed by atoms with E-state index in [0.29, 0.717) is 31.1 Å². The third kappa shape index (κ3) is 3.75. The lowest BCUT2D eigenvalue weighted by Gasteiger charge is -2.38. The minimum absolute atomic E-state index is 0.282. The van der Waals surface area contributed by atoms with E-state index >= 15 is 0 Å². The van der Waals surface area contributed by atoms with E-state index < -0.39 is 23.0 Å². The van der Waals surface area contributed by atoms with Crippen molar-refractivity contribution < 1.29 is 16.8 Å². The summed E-state index contributed by atoms with van der Waals surface area (Å²) >= 11 is 0. The summed E-state index contributed by atoms with van der Waals surface area (Å²) in [6.07, 6.45) is 8.71. The molecule has 6 heteroatoms. The maximum Gasteiger partial charge on any atom is 0.256 e. The van der Waals surface area contributed by atoms with Crippen molar-refractivity contribution in [1.82, 2.24) is 0 Å². The van der Waals surface area contributed by atoms with Crippen LogP contribution in [-0.2, 0) is 17.7 Å². The molecule has 0 saturated heterocycles. The molecule has 0 aromatic heterocycles. The van der Waals surface area contributed by atoms with Crippen molar-refractivity contribution in [2.45, 2.75) is 70.5 Å². The van der Waals surface area contributed by atoms with Crippen molar-refractivity contribution in [1.29, 1.82) is 0 Å². The first-order valence-corrected chi connectivity index (χ1v) is 12.1. The van der Waals surface area contributed by atoms with Gasteiger partial charge in [0.25, 0.3) is 17.7 Å². The summed E-state index contributed by atoms with van der Waals surface area (Å²) in [5.41, 5.74) is 0.912. The van der Waals surface area contributed by atoms with Gasteiger partial charge in [0.05, 0.1) is 11.0 Å². The highest BCUT2D eigenvalue weighted by Crippen LogP contribution is 2.43. The second-order valence-corrected chi connectivity index (χ2v) is 13.0. The molecule has 0 aromatic rings. The Morgan fingerprint density at radius 3 is 2.27 bits per heavy atom. The molecule has 0 N–H and O–H groups in total. The van der Waals surface area contributed by atoms with Gasteiger partial charge in [0.2, 0.25) is 0 Å². The van der Waals surface area contributed by atoms with Gasteiger partial charge in [0, 0.05) is 0 Å². The van der Waals surface area contributed by atoms with Crippen LogP contribution in [0.25, 0.3) is 0 Å². The zero-order chi connectivity index (χ0) is 16.4. The highest BCUT2D eigenvalue weighted by atomic mass is 33.2. The van der Waals surface area contributed by atoms with Gasteiger partial charge in [-0.25, -0.2) is 16.8 Å². The highest BCUT2D eigenvalue weighted by molar-refractivity contribution is 8.67. The lowest BCUT2D eigenvalue weighted by Crippen LogP contribution is -2.38. The molecule has 2 rings (SSSR count). The van der Waals surface area contributed by atoms with Crippen LogP contribution in [0.4, 0.5) is 0 Å². The highest BCUT2D eigenvalue weighted by Gasteiger charge is 2.43. The zero-order valence-corrected chi connectivity index (χ0v) is 15.3. The molecule has 0 aromatic carbocycles. The topological polar surface area (TPSA) is 68.3 Å². The predicted octanol–water partition coefficient (Wildman–Crippen LogP) is 3.45. The average Bonchev–Trinajstić information content (AvgIpc) is 2.51. The van der Waals surface area contributed by atoms with E-state index in [4.69, 9.17) is 0 Å². The van der Waals surface area contributed by atoms with Gasteiger partial charge < -0.3 is 0 Å². The van der Waals surface area contributed by atoms with Crippen molar-refractivity contribution >= 4 is 17.7 Å². The molecule has 0 heterocycles. The first-order valence-electron chi connectivity index (χ1n) is 8.36. The van der Waals surface area contributed by atoms with Crippen LogP contribution in [0.5, 0.6) is 0 Å². The van der Waals surface area contributed by atoms with Crippen molar-refractivity contribution in [2.75, 3.05) is 5.75 Å². The molecule has 2 aliphatic rings. The van der Waals surface area contributed by atoms with E-state index in [9.17, 15) is 16.8 Å². The fourth-order valence-corrected chi connectivity index (χ4v) is 8.69. The smallest absolute Gasteiger partial charge is 0.213 e. The normalized spacial score (nSPS) is 30.8. The van der Waals surface area contributed by atoms with Crippen LogP contribution in [0.3, 0.4) is 0 Å². The molecule has 0 amide bonds. The molecule has 4 nitrogen and oxygen atoms in total. The van der Waals surface area contributed by atoms with Gasteiger partial charge in [-0.1, -0.05) is 37.3 Å². The molecule has 2 fully saturated rings. The maximum atomic E-state index is 12.6. The zero-order valence-electron chi connectivity index (χ0n) is 13.6. The molecular formula is C16H28O4S2. The number of hydrogen-bond donors (Lipinski definition) is 0. The Hall–Kier alpha value is -0.360. The Morgan fingerprint density at radius 2 is 1.64 bits per heavy atom. The van der Waals surface area contributed by atoms with E-state index in [1.807, 2.05) is 19.9 Å². The Morgan fingerprint density at radius 1 is 1.00 bits per heavy atom. The molecule has 0 spiro atoms. The van der Waals surface area contributed by atoms with Gasteiger partial charge in [0.1, 0.15) is 0 Å². The fraction of sp³-hybridized carbons (Fsp3) is 0.875. The number of fused-ring (bicyclic) bond motifs is 1. The monoisotopic (exact) mass is 348 g/mol. The Balaban J connectivity index is 2.09. The standard InChI is InChI=1S/C16H28O4S2/c1-3-13(2)10-11-21(17,18)22(19,20)16-9-8-14-6-4-5-7-15(14)12-16/h3,14-16H,4-12H2,1-2H3. The molecule has 2 saturated carbocycles. The van der Waals surface area contributed by atoms with Crippen LogP contribution in [0.2, 0.25) is 0 Å². The summed E-state index contributed by atoms with van der Waals surface area (Å²) in [6, 6.07) is 0. The minimum atomic E-state index is -4.07. The first-order chi connectivity index (χ1) is 10.3. The van der Waals surface area contributed by atoms with Crippen LogP contribution >= 0.6 is 0 Å². The quantitative estimate of drug-likeness (QED) is 0.564. The third-order valence-corrected chi connectivity index (χ3v) is 11.6. The summed E-state index contributed by atoms with van der Waals surface area (Å²) in [6.45, 7) is 3.66. The van der Waals surface area contributed by atoms with Crippen LogP contribution < -0.4 is 0 Å².